The molecule has 0 unspecified atom stereocenters. The van der Waals surface area contributed by atoms with E-state index < -0.39 is 0 Å². The van der Waals surface area contributed by atoms with Gasteiger partial charge in [-0.25, -0.2) is 0 Å². The molecule has 0 heteroatoms. The summed E-state index contributed by atoms with van der Waals surface area (Å²) in [6.07, 6.45) is 6.19. The van der Waals surface area contributed by atoms with Crippen LogP contribution in [-0.2, 0) is 0 Å². The second-order valence-corrected chi connectivity index (χ2v) is 1.90. The smallest absolute Gasteiger partial charge is 0.0211 e. The number of rotatable bonds is 1. The van der Waals surface area contributed by atoms with Crippen molar-refractivity contribution in [1.82, 2.24) is 0 Å². The Morgan fingerprint density at radius 2 is 2.17 bits per heavy atom. The summed E-state index contributed by atoms with van der Waals surface area (Å²) in [5.74, 6) is 0. The largest absolute Gasteiger partial charge is 0.102 e. The van der Waals surface area contributed by atoms with E-state index in [-0.39, 0.29) is 0 Å². The highest BCUT2D eigenvalue weighted by molar-refractivity contribution is 5.30. The van der Waals surface area contributed by atoms with Gasteiger partial charge in [-0.15, -0.1) is 6.58 Å². The van der Waals surface area contributed by atoms with Gasteiger partial charge in [-0.3, -0.25) is 0 Å². The highest BCUT2D eigenvalue weighted by Gasteiger charge is 2.21. The van der Waals surface area contributed by atoms with E-state index in [1.807, 2.05) is 6.08 Å². The van der Waals surface area contributed by atoms with E-state index in [9.17, 15) is 0 Å². The highest BCUT2D eigenvalue weighted by Crippen LogP contribution is 2.33. The maximum absolute atomic E-state index is 3.63. The molecule has 0 aromatic rings. The predicted octanol–water partition coefficient (Wildman–Crippen LogP) is 1.75. The Morgan fingerprint density at radius 3 is 2.17 bits per heavy atom. The Balaban J connectivity index is 2.52. The van der Waals surface area contributed by atoms with Gasteiger partial charge in [-0.1, -0.05) is 18.2 Å². The Hall–Kier alpha value is -0.520. The summed E-state index contributed by atoms with van der Waals surface area (Å²) in [5.41, 5.74) is 0.306. The van der Waals surface area contributed by atoms with E-state index in [4.69, 9.17) is 0 Å². The SMILES string of the molecule is C=CC1(C)C=C1. The third-order valence-electron chi connectivity index (χ3n) is 1.13. The first-order valence-corrected chi connectivity index (χ1v) is 2.11. The summed E-state index contributed by atoms with van der Waals surface area (Å²) in [6.45, 7) is 5.76. The summed E-state index contributed by atoms with van der Waals surface area (Å²) in [7, 11) is 0. The van der Waals surface area contributed by atoms with E-state index >= 15 is 0 Å². The van der Waals surface area contributed by atoms with Crippen molar-refractivity contribution in [2.24, 2.45) is 5.41 Å². The number of allylic oxidation sites excluding steroid dienone is 3. The van der Waals surface area contributed by atoms with Crippen molar-refractivity contribution >= 4 is 0 Å². The van der Waals surface area contributed by atoms with Gasteiger partial charge in [-0.2, -0.15) is 0 Å². The first-order chi connectivity index (χ1) is 2.77. The first-order valence-electron chi connectivity index (χ1n) is 2.11. The molecule has 0 fully saturated rings. The summed E-state index contributed by atoms with van der Waals surface area (Å²) in [4.78, 5) is 0. The van der Waals surface area contributed by atoms with E-state index in [1.54, 1.807) is 0 Å². The molecule has 0 saturated heterocycles. The van der Waals surface area contributed by atoms with E-state index in [0.29, 0.717) is 5.41 Å². The third-order valence-corrected chi connectivity index (χ3v) is 1.13. The molecule has 0 N–H and O–H groups in total. The van der Waals surface area contributed by atoms with Gasteiger partial charge in [0, 0.05) is 5.41 Å². The number of hydrogen-bond acceptors (Lipinski definition) is 0. The zero-order valence-corrected chi connectivity index (χ0v) is 3.94. The Labute approximate surface area is 38.2 Å². The molecule has 0 radical (unpaired) electrons. The van der Waals surface area contributed by atoms with Gasteiger partial charge < -0.3 is 0 Å². The predicted molar refractivity (Wildman–Crippen MR) is 27.4 cm³/mol. The maximum atomic E-state index is 3.63. The van der Waals surface area contributed by atoms with Crippen molar-refractivity contribution in [2.45, 2.75) is 6.92 Å². The van der Waals surface area contributed by atoms with Crippen LogP contribution in [0.3, 0.4) is 0 Å². The molecule has 0 aromatic heterocycles. The fourth-order valence-electron chi connectivity index (χ4n) is 0.268. The van der Waals surface area contributed by atoms with Crippen molar-refractivity contribution < 1.29 is 0 Å². The monoisotopic (exact) mass is 80.1 g/mol. The lowest BCUT2D eigenvalue weighted by atomic mass is 10.1. The topological polar surface area (TPSA) is 0 Å². The van der Waals surface area contributed by atoms with Crippen LogP contribution >= 0.6 is 0 Å². The fraction of sp³-hybridized carbons (Fsp3) is 0.333. The molecular formula is C6H8. The van der Waals surface area contributed by atoms with E-state index in [0.717, 1.165) is 0 Å². The molecule has 0 atom stereocenters. The van der Waals surface area contributed by atoms with Gasteiger partial charge in [-0.05, 0) is 6.92 Å². The van der Waals surface area contributed by atoms with Gasteiger partial charge in [0.15, 0.2) is 0 Å². The van der Waals surface area contributed by atoms with Gasteiger partial charge in [0.25, 0.3) is 0 Å². The van der Waals surface area contributed by atoms with Crippen molar-refractivity contribution in [3.8, 4) is 0 Å². The molecule has 1 aliphatic rings. The third kappa shape index (κ3) is 0.383. The van der Waals surface area contributed by atoms with Gasteiger partial charge in [0.2, 0.25) is 0 Å². The Bertz CT molecular complexity index is 92.6. The standard InChI is InChI=1S/C6H8/c1-3-6(2)4-5-6/h3-5H,1H2,2H3. The van der Waals surface area contributed by atoms with Crippen LogP contribution < -0.4 is 0 Å². The number of hydrogen-bond donors (Lipinski definition) is 0. The van der Waals surface area contributed by atoms with Crippen molar-refractivity contribution in [2.75, 3.05) is 0 Å². The first kappa shape index (κ1) is 3.66. The molecule has 1 rings (SSSR count). The normalized spacial score (nSPS) is 23.5. The molecule has 0 aromatic carbocycles. The minimum atomic E-state index is 0.306. The van der Waals surface area contributed by atoms with Crippen LogP contribution in [-0.4, -0.2) is 0 Å². The van der Waals surface area contributed by atoms with E-state index in [2.05, 4.69) is 25.7 Å². The fourth-order valence-corrected chi connectivity index (χ4v) is 0.268. The second-order valence-electron chi connectivity index (χ2n) is 1.90. The highest BCUT2D eigenvalue weighted by atomic mass is 14.3. The molecule has 1 aliphatic carbocycles. The van der Waals surface area contributed by atoms with Gasteiger partial charge in [0.1, 0.15) is 0 Å². The maximum Gasteiger partial charge on any atom is 0.0211 e. The molecule has 0 nitrogen and oxygen atoms in total. The molecule has 0 bridgehead atoms. The van der Waals surface area contributed by atoms with Crippen molar-refractivity contribution in [3.05, 3.63) is 24.8 Å². The van der Waals surface area contributed by atoms with Crippen molar-refractivity contribution in [1.29, 1.82) is 0 Å². The van der Waals surface area contributed by atoms with Crippen LogP contribution in [0.1, 0.15) is 6.92 Å². The second kappa shape index (κ2) is 0.754. The Kier molecular flexibility index (Phi) is 0.461. The zero-order valence-electron chi connectivity index (χ0n) is 3.94. The van der Waals surface area contributed by atoms with Crippen LogP contribution in [0, 0.1) is 5.41 Å². The molecule has 6 heavy (non-hydrogen) atoms. The van der Waals surface area contributed by atoms with Gasteiger partial charge in [0.05, 0.1) is 0 Å². The van der Waals surface area contributed by atoms with Crippen LogP contribution in [0.25, 0.3) is 0 Å². The summed E-state index contributed by atoms with van der Waals surface area (Å²) < 4.78 is 0. The van der Waals surface area contributed by atoms with Crippen LogP contribution in [0.15, 0.2) is 24.8 Å². The zero-order chi connectivity index (χ0) is 4.62. The van der Waals surface area contributed by atoms with Crippen molar-refractivity contribution in [3.63, 3.8) is 0 Å². The van der Waals surface area contributed by atoms with Gasteiger partial charge >= 0.3 is 0 Å². The lowest BCUT2D eigenvalue weighted by molar-refractivity contribution is 0.840. The molecule has 0 spiro atoms. The molecular weight excluding hydrogens is 72.1 g/mol. The lowest BCUT2D eigenvalue weighted by Gasteiger charge is -1.93. The average Bonchev–Trinajstić information content (AvgIpc) is 2.22. The molecule has 0 aliphatic heterocycles. The summed E-state index contributed by atoms with van der Waals surface area (Å²) in [6, 6.07) is 0. The molecule has 0 amide bonds. The molecule has 0 saturated carbocycles. The van der Waals surface area contributed by atoms with Crippen LogP contribution in [0.2, 0.25) is 0 Å². The minimum absolute atomic E-state index is 0.306. The molecule has 32 valence electrons. The average molecular weight is 80.1 g/mol. The van der Waals surface area contributed by atoms with Crippen LogP contribution in [0.5, 0.6) is 0 Å². The van der Waals surface area contributed by atoms with Crippen LogP contribution in [0.4, 0.5) is 0 Å². The minimum Gasteiger partial charge on any atom is -0.102 e. The Morgan fingerprint density at radius 1 is 1.67 bits per heavy atom. The summed E-state index contributed by atoms with van der Waals surface area (Å²) in [5, 5.41) is 0. The quantitative estimate of drug-likeness (QED) is 0.421. The molecule has 0 heterocycles. The summed E-state index contributed by atoms with van der Waals surface area (Å²) >= 11 is 0. The van der Waals surface area contributed by atoms with E-state index in [1.165, 1.54) is 0 Å². The lowest BCUT2D eigenvalue weighted by Crippen LogP contribution is -1.83.